The Morgan fingerprint density at radius 2 is 1.11 bits per heavy atom. The number of benzene rings is 2. The zero-order chi connectivity index (χ0) is 12.7. The molecule has 2 N–H and O–H groups in total. The molecule has 92 valence electrons. The molecule has 3 nitrogen and oxygen atoms in total. The molecule has 0 saturated heterocycles. The molecular weight excluding hydrogens is 236 g/mol. The minimum atomic E-state index is 0.848. The second kappa shape index (κ2) is 3.92. The smallest absolute Gasteiger partial charge is 0.152 e. The van der Waals surface area contributed by atoms with Gasteiger partial charge in [-0.25, -0.2) is 0 Å². The van der Waals surface area contributed by atoms with Gasteiger partial charge in [0.25, 0.3) is 0 Å². The van der Waals surface area contributed by atoms with Gasteiger partial charge in [-0.2, -0.15) is 0 Å². The third-order valence-corrected chi connectivity index (χ3v) is 3.32. The topological polar surface area (TPSA) is 40.8 Å². The number of H-pyrrole nitrogens is 2. The van der Waals surface area contributed by atoms with Gasteiger partial charge in [-0.05, 0) is 24.3 Å². The van der Waals surface area contributed by atoms with Gasteiger partial charge in [-0.3, -0.25) is 0 Å². The summed E-state index contributed by atoms with van der Waals surface area (Å²) in [6.45, 7) is 0. The number of rotatable bonds is 2. The van der Waals surface area contributed by atoms with E-state index in [2.05, 4.69) is 22.1 Å². The maximum Gasteiger partial charge on any atom is 0.152 e. The molecular formula is C16H12N2O. The van der Waals surface area contributed by atoms with Gasteiger partial charge in [0.2, 0.25) is 0 Å². The lowest BCUT2D eigenvalue weighted by molar-refractivity contribution is 0.494. The molecule has 0 aliphatic heterocycles. The summed E-state index contributed by atoms with van der Waals surface area (Å²) in [6, 6.07) is 16.2. The number of para-hydroxylation sites is 2. The van der Waals surface area contributed by atoms with Crippen LogP contribution in [0.15, 0.2) is 60.9 Å². The largest absolute Gasteiger partial charge is 0.453 e. The van der Waals surface area contributed by atoms with Crippen LogP contribution < -0.4 is 4.74 Å². The third-order valence-electron chi connectivity index (χ3n) is 3.32. The van der Waals surface area contributed by atoms with Crippen molar-refractivity contribution in [3.8, 4) is 11.5 Å². The van der Waals surface area contributed by atoms with E-state index in [1.165, 1.54) is 0 Å². The zero-order valence-electron chi connectivity index (χ0n) is 10.2. The minimum Gasteiger partial charge on any atom is -0.453 e. The number of ether oxygens (including phenoxy) is 1. The van der Waals surface area contributed by atoms with Crippen LogP contribution in [0.1, 0.15) is 0 Å². The van der Waals surface area contributed by atoms with E-state index in [-0.39, 0.29) is 0 Å². The number of aromatic nitrogens is 2. The Bertz CT molecular complexity index is 785. The first kappa shape index (κ1) is 10.3. The molecule has 4 rings (SSSR count). The van der Waals surface area contributed by atoms with Crippen molar-refractivity contribution in [2.45, 2.75) is 0 Å². The van der Waals surface area contributed by atoms with Crippen LogP contribution >= 0.6 is 0 Å². The zero-order valence-corrected chi connectivity index (χ0v) is 10.2. The average molecular weight is 248 g/mol. The number of hydrogen-bond donors (Lipinski definition) is 2. The van der Waals surface area contributed by atoms with Crippen molar-refractivity contribution in [3.63, 3.8) is 0 Å². The summed E-state index contributed by atoms with van der Waals surface area (Å²) in [4.78, 5) is 6.43. The molecule has 2 aromatic heterocycles. The van der Waals surface area contributed by atoms with E-state index >= 15 is 0 Å². The molecule has 0 spiro atoms. The lowest BCUT2D eigenvalue weighted by Crippen LogP contribution is -1.80. The highest BCUT2D eigenvalue weighted by Crippen LogP contribution is 2.33. The van der Waals surface area contributed by atoms with Gasteiger partial charge in [-0.1, -0.05) is 24.3 Å². The summed E-state index contributed by atoms with van der Waals surface area (Å²) in [7, 11) is 0. The van der Waals surface area contributed by atoms with Crippen LogP contribution in [0.5, 0.6) is 11.5 Å². The van der Waals surface area contributed by atoms with E-state index in [9.17, 15) is 0 Å². The van der Waals surface area contributed by atoms with Crippen LogP contribution in [0.25, 0.3) is 21.8 Å². The molecule has 0 fully saturated rings. The molecule has 0 unspecified atom stereocenters. The van der Waals surface area contributed by atoms with E-state index in [4.69, 9.17) is 4.74 Å². The van der Waals surface area contributed by atoms with Gasteiger partial charge in [0.1, 0.15) is 0 Å². The van der Waals surface area contributed by atoms with Crippen LogP contribution in [0, 0.1) is 0 Å². The fourth-order valence-corrected chi connectivity index (χ4v) is 2.38. The molecule has 2 heterocycles. The van der Waals surface area contributed by atoms with Crippen LogP contribution in [-0.4, -0.2) is 9.97 Å². The van der Waals surface area contributed by atoms with Crippen molar-refractivity contribution >= 4 is 21.8 Å². The highest BCUT2D eigenvalue weighted by molar-refractivity contribution is 5.89. The van der Waals surface area contributed by atoms with Gasteiger partial charge >= 0.3 is 0 Å². The second-order valence-corrected chi connectivity index (χ2v) is 4.50. The first-order valence-corrected chi connectivity index (χ1v) is 6.22. The Kier molecular flexibility index (Phi) is 2.12. The molecule has 0 amide bonds. The van der Waals surface area contributed by atoms with E-state index in [1.54, 1.807) is 0 Å². The Balaban J connectivity index is 1.82. The van der Waals surface area contributed by atoms with Crippen molar-refractivity contribution in [1.82, 2.24) is 9.97 Å². The molecule has 4 aromatic rings. The number of hydrogen-bond acceptors (Lipinski definition) is 1. The van der Waals surface area contributed by atoms with Gasteiger partial charge < -0.3 is 14.7 Å². The molecule has 0 saturated carbocycles. The van der Waals surface area contributed by atoms with Crippen LogP contribution in [0.2, 0.25) is 0 Å². The second-order valence-electron chi connectivity index (χ2n) is 4.50. The molecule has 0 aliphatic rings. The van der Waals surface area contributed by atoms with Gasteiger partial charge in [0.05, 0.1) is 0 Å². The summed E-state index contributed by atoms with van der Waals surface area (Å²) >= 11 is 0. The number of fused-ring (bicyclic) bond motifs is 2. The normalized spacial score (nSPS) is 11.2. The molecule has 0 aliphatic carbocycles. The highest BCUT2D eigenvalue weighted by Gasteiger charge is 2.08. The summed E-state index contributed by atoms with van der Waals surface area (Å²) in [6.07, 6.45) is 3.79. The molecule has 0 bridgehead atoms. The minimum absolute atomic E-state index is 0.848. The first-order chi connectivity index (χ1) is 9.42. The maximum absolute atomic E-state index is 6.02. The van der Waals surface area contributed by atoms with Crippen LogP contribution in [0.4, 0.5) is 0 Å². The van der Waals surface area contributed by atoms with Gasteiger partial charge in [0.15, 0.2) is 11.5 Å². The number of nitrogens with one attached hydrogen (secondary N) is 2. The fraction of sp³-hybridized carbons (Fsp3) is 0. The first-order valence-electron chi connectivity index (χ1n) is 6.22. The quantitative estimate of drug-likeness (QED) is 0.541. The summed E-state index contributed by atoms with van der Waals surface area (Å²) in [5.41, 5.74) is 2.16. The average Bonchev–Trinajstić information content (AvgIpc) is 3.05. The maximum atomic E-state index is 6.02. The highest BCUT2D eigenvalue weighted by atomic mass is 16.5. The summed E-state index contributed by atoms with van der Waals surface area (Å²) < 4.78 is 6.02. The van der Waals surface area contributed by atoms with Crippen LogP contribution in [-0.2, 0) is 0 Å². The summed E-state index contributed by atoms with van der Waals surface area (Å²) in [5, 5.41) is 2.18. The van der Waals surface area contributed by atoms with Crippen LogP contribution in [0.3, 0.4) is 0 Å². The summed E-state index contributed by atoms with van der Waals surface area (Å²) in [5.74, 6) is 1.70. The Labute approximate surface area is 109 Å². The van der Waals surface area contributed by atoms with Crippen molar-refractivity contribution in [2.75, 3.05) is 0 Å². The molecule has 19 heavy (non-hydrogen) atoms. The molecule has 2 aromatic carbocycles. The van der Waals surface area contributed by atoms with Crippen molar-refractivity contribution < 1.29 is 4.74 Å². The number of aromatic amines is 2. The fourth-order valence-electron chi connectivity index (χ4n) is 2.38. The molecule has 3 heteroatoms. The van der Waals surface area contributed by atoms with E-state index in [0.29, 0.717) is 0 Å². The lowest BCUT2D eigenvalue weighted by atomic mass is 10.2. The SMILES string of the molecule is c1ccc2c(Oc3c[nH]c4ccccc34)c[nH]c2c1. The van der Waals surface area contributed by atoms with E-state index in [0.717, 1.165) is 33.3 Å². The Hall–Kier alpha value is -2.68. The molecule has 0 atom stereocenters. The third kappa shape index (κ3) is 1.59. The predicted octanol–water partition coefficient (Wildman–Crippen LogP) is 4.44. The van der Waals surface area contributed by atoms with E-state index < -0.39 is 0 Å². The lowest BCUT2D eigenvalue weighted by Gasteiger charge is -2.02. The van der Waals surface area contributed by atoms with Gasteiger partial charge in [0, 0.05) is 34.2 Å². The Morgan fingerprint density at radius 3 is 1.63 bits per heavy atom. The molecule has 0 radical (unpaired) electrons. The van der Waals surface area contributed by atoms with Crippen molar-refractivity contribution in [1.29, 1.82) is 0 Å². The monoisotopic (exact) mass is 248 g/mol. The van der Waals surface area contributed by atoms with Crippen molar-refractivity contribution in [3.05, 3.63) is 60.9 Å². The van der Waals surface area contributed by atoms with E-state index in [1.807, 2.05) is 48.8 Å². The van der Waals surface area contributed by atoms with Crippen molar-refractivity contribution in [2.24, 2.45) is 0 Å². The standard InChI is InChI=1S/C16H12N2O/c1-3-7-13-11(5-1)15(9-17-13)19-16-10-18-14-8-4-2-6-12(14)16/h1-10,17-18H. The van der Waals surface area contributed by atoms with Gasteiger partial charge in [-0.15, -0.1) is 0 Å². The Morgan fingerprint density at radius 1 is 0.632 bits per heavy atom. The predicted molar refractivity (Wildman–Crippen MR) is 76.7 cm³/mol.